The number of nitrogens with two attached hydrogens (primary N) is 2. The SMILES string of the molecule is CCc1cc(-n2nc(N3CCC(C)(N)C3)c3cnc(CC(N)=O)cc32)nc(C(C)(F)F)n1.Cl. The Morgan fingerprint density at radius 2 is 2.00 bits per heavy atom. The third-order valence-electron chi connectivity index (χ3n) is 5.50. The first-order valence-corrected chi connectivity index (χ1v) is 10.4. The van der Waals surface area contributed by atoms with Crippen LogP contribution in [0.25, 0.3) is 16.7 Å². The highest BCUT2D eigenvalue weighted by molar-refractivity contribution is 5.92. The molecule has 0 spiro atoms. The van der Waals surface area contributed by atoms with Crippen molar-refractivity contribution in [3.63, 3.8) is 0 Å². The summed E-state index contributed by atoms with van der Waals surface area (Å²) in [6, 6.07) is 3.32. The van der Waals surface area contributed by atoms with E-state index in [1.54, 1.807) is 18.3 Å². The van der Waals surface area contributed by atoms with Gasteiger partial charge < -0.3 is 16.4 Å². The van der Waals surface area contributed by atoms with Gasteiger partial charge in [0.05, 0.1) is 23.0 Å². The van der Waals surface area contributed by atoms with Crippen LogP contribution in [0.5, 0.6) is 0 Å². The molecule has 1 saturated heterocycles. The molecule has 0 aliphatic carbocycles. The van der Waals surface area contributed by atoms with Crippen LogP contribution in [0.1, 0.15) is 44.4 Å². The van der Waals surface area contributed by atoms with E-state index in [2.05, 4.69) is 15.0 Å². The van der Waals surface area contributed by atoms with E-state index in [-0.39, 0.29) is 30.2 Å². The number of primary amides is 1. The van der Waals surface area contributed by atoms with Gasteiger partial charge in [0.2, 0.25) is 11.7 Å². The summed E-state index contributed by atoms with van der Waals surface area (Å²) in [4.78, 5) is 25.9. The molecule has 9 nitrogen and oxygen atoms in total. The summed E-state index contributed by atoms with van der Waals surface area (Å²) < 4.78 is 29.7. The molecular formula is C21H27ClF2N8O. The average Bonchev–Trinajstić information content (AvgIpc) is 3.26. The van der Waals surface area contributed by atoms with Crippen LogP contribution in [-0.4, -0.2) is 49.3 Å². The lowest BCUT2D eigenvalue weighted by Gasteiger charge is -2.19. The summed E-state index contributed by atoms with van der Waals surface area (Å²) >= 11 is 0. The number of pyridine rings is 1. The van der Waals surface area contributed by atoms with Gasteiger partial charge in [0.1, 0.15) is 0 Å². The zero-order valence-corrected chi connectivity index (χ0v) is 19.5. The van der Waals surface area contributed by atoms with Gasteiger partial charge in [0.15, 0.2) is 11.6 Å². The Kier molecular flexibility index (Phi) is 6.58. The second-order valence-corrected chi connectivity index (χ2v) is 8.68. The van der Waals surface area contributed by atoms with Crippen molar-refractivity contribution < 1.29 is 13.6 Å². The fourth-order valence-corrected chi connectivity index (χ4v) is 3.85. The van der Waals surface area contributed by atoms with E-state index < -0.39 is 17.7 Å². The van der Waals surface area contributed by atoms with Crippen molar-refractivity contribution in [2.75, 3.05) is 18.0 Å². The lowest BCUT2D eigenvalue weighted by molar-refractivity contribution is -0.117. The Bertz CT molecular complexity index is 1190. The maximum atomic E-state index is 14.1. The van der Waals surface area contributed by atoms with Crippen LogP contribution in [0, 0.1) is 0 Å². The van der Waals surface area contributed by atoms with Gasteiger partial charge in [-0.25, -0.2) is 14.6 Å². The summed E-state index contributed by atoms with van der Waals surface area (Å²) in [5, 5.41) is 5.43. The number of halogens is 3. The molecule has 0 saturated carbocycles. The van der Waals surface area contributed by atoms with E-state index >= 15 is 0 Å². The van der Waals surface area contributed by atoms with Gasteiger partial charge in [-0.15, -0.1) is 17.5 Å². The average molecular weight is 481 g/mol. The van der Waals surface area contributed by atoms with E-state index in [1.807, 2.05) is 18.7 Å². The molecule has 4 heterocycles. The van der Waals surface area contributed by atoms with Crippen LogP contribution in [0.3, 0.4) is 0 Å². The highest BCUT2D eigenvalue weighted by Crippen LogP contribution is 2.33. The van der Waals surface area contributed by atoms with Crippen molar-refractivity contribution in [2.24, 2.45) is 11.5 Å². The molecule has 1 aliphatic heterocycles. The van der Waals surface area contributed by atoms with Crippen molar-refractivity contribution >= 4 is 35.0 Å². The van der Waals surface area contributed by atoms with Gasteiger partial charge in [-0.05, 0) is 25.8 Å². The Hall–Kier alpha value is -2.92. The maximum absolute atomic E-state index is 14.1. The topological polar surface area (TPSA) is 129 Å². The molecular weight excluding hydrogens is 454 g/mol. The number of carbonyl (C=O) groups excluding carboxylic acids is 1. The van der Waals surface area contributed by atoms with Crippen molar-refractivity contribution in [1.29, 1.82) is 0 Å². The zero-order chi connectivity index (χ0) is 23.3. The van der Waals surface area contributed by atoms with Gasteiger partial charge in [-0.1, -0.05) is 6.92 Å². The molecule has 12 heteroatoms. The van der Waals surface area contributed by atoms with Crippen molar-refractivity contribution in [2.45, 2.75) is 51.5 Å². The first-order valence-electron chi connectivity index (χ1n) is 10.4. The van der Waals surface area contributed by atoms with E-state index in [9.17, 15) is 13.6 Å². The minimum absolute atomic E-state index is 0. The van der Waals surface area contributed by atoms with Crippen LogP contribution in [0.4, 0.5) is 14.6 Å². The number of alkyl halides is 2. The van der Waals surface area contributed by atoms with Crippen molar-refractivity contribution in [1.82, 2.24) is 24.7 Å². The van der Waals surface area contributed by atoms with Crippen LogP contribution < -0.4 is 16.4 Å². The molecule has 1 atom stereocenters. The number of hydrogen-bond donors (Lipinski definition) is 2. The van der Waals surface area contributed by atoms with Crippen molar-refractivity contribution in [3.05, 3.63) is 35.5 Å². The van der Waals surface area contributed by atoms with Gasteiger partial charge in [-0.2, -0.15) is 8.78 Å². The number of rotatable bonds is 6. The third kappa shape index (κ3) is 5.03. The summed E-state index contributed by atoms with van der Waals surface area (Å²) in [5.41, 5.74) is 12.8. The fraction of sp³-hybridized carbons (Fsp3) is 0.476. The Morgan fingerprint density at radius 3 is 2.58 bits per heavy atom. The second-order valence-electron chi connectivity index (χ2n) is 8.68. The van der Waals surface area contributed by atoms with Crippen LogP contribution in [-0.2, 0) is 23.6 Å². The number of fused-ring (bicyclic) bond motifs is 1. The summed E-state index contributed by atoms with van der Waals surface area (Å²) in [6.07, 6.45) is 2.81. The normalized spacial score (nSPS) is 18.5. The first kappa shape index (κ1) is 24.7. The van der Waals surface area contributed by atoms with Crippen LogP contribution in [0.15, 0.2) is 18.3 Å². The third-order valence-corrected chi connectivity index (χ3v) is 5.50. The number of nitrogens with zero attached hydrogens (tertiary/aromatic N) is 6. The Labute approximate surface area is 196 Å². The standard InChI is InChI=1S/C21H26F2N8O.ClH/c1-4-12-9-17(28-19(27-12)21(3,22)23)31-15-7-13(8-16(24)32)26-10-14(15)18(29-31)30-6-5-20(2,25)11-30;/h7,9-10H,4-6,8,11,25H2,1-3H3,(H2,24,32);1H. The molecule has 1 aliphatic rings. The van der Waals surface area contributed by atoms with E-state index in [1.165, 1.54) is 4.68 Å². The summed E-state index contributed by atoms with van der Waals surface area (Å²) in [6.45, 7) is 5.86. The summed E-state index contributed by atoms with van der Waals surface area (Å²) in [5.74, 6) is -3.45. The zero-order valence-electron chi connectivity index (χ0n) is 18.7. The molecule has 0 aromatic carbocycles. The predicted octanol–water partition coefficient (Wildman–Crippen LogP) is 2.26. The number of carbonyl (C=O) groups is 1. The number of aryl methyl sites for hydroxylation is 1. The lowest BCUT2D eigenvalue weighted by atomic mass is 10.0. The monoisotopic (exact) mass is 480 g/mol. The number of amides is 1. The molecule has 1 amide bonds. The first-order chi connectivity index (χ1) is 15.0. The van der Waals surface area contributed by atoms with Gasteiger partial charge >= 0.3 is 5.92 Å². The van der Waals surface area contributed by atoms with E-state index in [4.69, 9.17) is 16.6 Å². The molecule has 0 radical (unpaired) electrons. The molecule has 178 valence electrons. The summed E-state index contributed by atoms with van der Waals surface area (Å²) in [7, 11) is 0. The molecule has 4 rings (SSSR count). The molecule has 3 aromatic rings. The maximum Gasteiger partial charge on any atom is 0.303 e. The van der Waals surface area contributed by atoms with Crippen molar-refractivity contribution in [3.8, 4) is 5.82 Å². The van der Waals surface area contributed by atoms with Crippen LogP contribution in [0.2, 0.25) is 0 Å². The number of aromatic nitrogens is 5. The molecule has 4 N–H and O–H groups in total. The second kappa shape index (κ2) is 8.79. The lowest BCUT2D eigenvalue weighted by Crippen LogP contribution is -2.39. The molecule has 3 aromatic heterocycles. The largest absolute Gasteiger partial charge is 0.369 e. The Morgan fingerprint density at radius 1 is 1.27 bits per heavy atom. The number of hydrogen-bond acceptors (Lipinski definition) is 7. The minimum atomic E-state index is -3.21. The Balaban J connectivity index is 0.00000306. The minimum Gasteiger partial charge on any atom is -0.369 e. The molecule has 1 unspecified atom stereocenters. The van der Waals surface area contributed by atoms with Crippen LogP contribution >= 0.6 is 12.4 Å². The van der Waals surface area contributed by atoms with Gasteiger partial charge in [-0.3, -0.25) is 9.78 Å². The molecule has 1 fully saturated rings. The smallest absolute Gasteiger partial charge is 0.303 e. The highest BCUT2D eigenvalue weighted by Gasteiger charge is 2.33. The number of anilines is 1. The van der Waals surface area contributed by atoms with Gasteiger partial charge in [0.25, 0.3) is 0 Å². The van der Waals surface area contributed by atoms with E-state index in [0.717, 1.165) is 13.3 Å². The quantitative estimate of drug-likeness (QED) is 0.553. The fourth-order valence-electron chi connectivity index (χ4n) is 3.85. The molecule has 33 heavy (non-hydrogen) atoms. The molecule has 0 bridgehead atoms. The van der Waals surface area contributed by atoms with E-state index in [0.29, 0.717) is 47.6 Å². The highest BCUT2D eigenvalue weighted by atomic mass is 35.5. The predicted molar refractivity (Wildman–Crippen MR) is 123 cm³/mol. The van der Waals surface area contributed by atoms with Gasteiger partial charge in [0, 0.05) is 43.5 Å².